The Morgan fingerprint density at radius 3 is 2.78 bits per heavy atom. The fourth-order valence-electron chi connectivity index (χ4n) is 3.99. The Morgan fingerprint density at radius 1 is 1.25 bits per heavy atom. The maximum Gasteiger partial charge on any atom is 0.256 e. The Labute approximate surface area is 185 Å². The van der Waals surface area contributed by atoms with Crippen LogP contribution in [-0.4, -0.2) is 53.9 Å². The number of H-pyrrole nitrogens is 1. The Hall–Kier alpha value is -3.55. The standard InChI is InChI=1S/C24H25F2N5O/c1-27-13-18-11-17(19-14-29-30-15-19)5-6-22(18)28-12-16-7-9-31(10-8-16)24(32)20-3-2-4-21(25)23(20)26/h2-6,11,13-16,28H,7-10,12H2,1H3,(H,29,30)/b27-13-. The predicted molar refractivity (Wildman–Crippen MR) is 121 cm³/mol. The molecule has 1 fully saturated rings. The van der Waals surface area contributed by atoms with Crippen molar-refractivity contribution in [1.82, 2.24) is 15.1 Å². The van der Waals surface area contributed by atoms with E-state index >= 15 is 0 Å². The molecule has 0 atom stereocenters. The molecule has 2 heterocycles. The van der Waals surface area contributed by atoms with Gasteiger partial charge in [0, 0.05) is 55.9 Å². The number of aromatic nitrogens is 2. The molecule has 1 aliphatic rings. The Morgan fingerprint density at radius 2 is 2.06 bits per heavy atom. The number of piperidine rings is 1. The van der Waals surface area contributed by atoms with Gasteiger partial charge in [-0.25, -0.2) is 8.78 Å². The van der Waals surface area contributed by atoms with Crippen LogP contribution in [0.1, 0.15) is 28.8 Å². The summed E-state index contributed by atoms with van der Waals surface area (Å²) in [7, 11) is 1.74. The number of rotatable bonds is 6. The lowest BCUT2D eigenvalue weighted by molar-refractivity contribution is 0.0689. The highest BCUT2D eigenvalue weighted by atomic mass is 19.2. The van der Waals surface area contributed by atoms with Crippen molar-refractivity contribution in [2.24, 2.45) is 10.9 Å². The number of aromatic amines is 1. The molecule has 1 amide bonds. The highest BCUT2D eigenvalue weighted by Crippen LogP contribution is 2.26. The first-order valence-corrected chi connectivity index (χ1v) is 10.6. The lowest BCUT2D eigenvalue weighted by atomic mass is 9.95. The normalized spacial score (nSPS) is 14.8. The van der Waals surface area contributed by atoms with Gasteiger partial charge in [-0.05, 0) is 48.6 Å². The van der Waals surface area contributed by atoms with Gasteiger partial charge in [0.15, 0.2) is 11.6 Å². The fraction of sp³-hybridized carbons (Fsp3) is 0.292. The molecule has 1 aliphatic heterocycles. The molecular formula is C24H25F2N5O. The highest BCUT2D eigenvalue weighted by molar-refractivity contribution is 5.94. The number of carbonyl (C=O) groups is 1. The van der Waals surface area contributed by atoms with E-state index in [0.29, 0.717) is 19.0 Å². The van der Waals surface area contributed by atoms with E-state index in [9.17, 15) is 13.6 Å². The zero-order valence-electron chi connectivity index (χ0n) is 17.8. The lowest BCUT2D eigenvalue weighted by Crippen LogP contribution is -2.40. The number of nitrogens with zero attached hydrogens (tertiary/aromatic N) is 3. The van der Waals surface area contributed by atoms with E-state index < -0.39 is 17.5 Å². The van der Waals surface area contributed by atoms with Gasteiger partial charge >= 0.3 is 0 Å². The summed E-state index contributed by atoms with van der Waals surface area (Å²) in [4.78, 5) is 18.4. The van der Waals surface area contributed by atoms with E-state index in [0.717, 1.165) is 47.8 Å². The van der Waals surface area contributed by atoms with Crippen LogP contribution < -0.4 is 5.32 Å². The molecule has 8 heteroatoms. The second-order valence-electron chi connectivity index (χ2n) is 7.89. The van der Waals surface area contributed by atoms with Crippen molar-refractivity contribution >= 4 is 17.8 Å². The number of carbonyl (C=O) groups excluding carboxylic acids is 1. The number of hydrogen-bond donors (Lipinski definition) is 2. The number of anilines is 1. The molecule has 0 saturated carbocycles. The molecule has 3 aromatic rings. The van der Waals surface area contributed by atoms with Crippen molar-refractivity contribution in [1.29, 1.82) is 0 Å². The number of hydrogen-bond acceptors (Lipinski definition) is 4. The van der Waals surface area contributed by atoms with Crippen LogP contribution in [0.2, 0.25) is 0 Å². The zero-order chi connectivity index (χ0) is 22.5. The van der Waals surface area contributed by atoms with Crippen molar-refractivity contribution < 1.29 is 13.6 Å². The van der Waals surface area contributed by atoms with Crippen LogP contribution in [-0.2, 0) is 0 Å². The average molecular weight is 437 g/mol. The smallest absolute Gasteiger partial charge is 0.256 e. The summed E-state index contributed by atoms with van der Waals surface area (Å²) in [5, 5.41) is 10.3. The Bertz CT molecular complexity index is 1110. The monoisotopic (exact) mass is 437 g/mol. The highest BCUT2D eigenvalue weighted by Gasteiger charge is 2.26. The number of halogens is 2. The van der Waals surface area contributed by atoms with Crippen molar-refractivity contribution in [2.45, 2.75) is 12.8 Å². The minimum atomic E-state index is -1.08. The third kappa shape index (κ3) is 4.69. The number of nitrogens with one attached hydrogen (secondary N) is 2. The van der Waals surface area contributed by atoms with E-state index in [1.807, 2.05) is 24.5 Å². The molecule has 166 valence electrons. The molecule has 0 unspecified atom stereocenters. The zero-order valence-corrected chi connectivity index (χ0v) is 17.8. The summed E-state index contributed by atoms with van der Waals surface area (Å²) in [6.07, 6.45) is 7.03. The van der Waals surface area contributed by atoms with Gasteiger partial charge in [0.2, 0.25) is 0 Å². The van der Waals surface area contributed by atoms with E-state index in [1.165, 1.54) is 12.1 Å². The van der Waals surface area contributed by atoms with E-state index in [2.05, 4.69) is 26.6 Å². The minimum Gasteiger partial charge on any atom is -0.384 e. The molecule has 0 aliphatic carbocycles. The molecule has 32 heavy (non-hydrogen) atoms. The van der Waals surface area contributed by atoms with Gasteiger partial charge < -0.3 is 10.2 Å². The summed E-state index contributed by atoms with van der Waals surface area (Å²) in [6, 6.07) is 9.84. The second-order valence-corrected chi connectivity index (χ2v) is 7.89. The van der Waals surface area contributed by atoms with Crippen LogP contribution in [0.5, 0.6) is 0 Å². The van der Waals surface area contributed by atoms with Crippen molar-refractivity contribution in [3.63, 3.8) is 0 Å². The molecule has 2 aromatic carbocycles. The van der Waals surface area contributed by atoms with E-state index in [1.54, 1.807) is 18.1 Å². The molecule has 6 nitrogen and oxygen atoms in total. The molecule has 0 bridgehead atoms. The number of likely N-dealkylation sites (tertiary alicyclic amines) is 1. The van der Waals surface area contributed by atoms with Gasteiger partial charge in [0.05, 0.1) is 11.8 Å². The van der Waals surface area contributed by atoms with E-state index in [4.69, 9.17) is 0 Å². The summed E-state index contributed by atoms with van der Waals surface area (Å²) in [5.74, 6) is -2.16. The Kier molecular flexibility index (Phi) is 6.58. The third-order valence-electron chi connectivity index (χ3n) is 5.82. The molecular weight excluding hydrogens is 412 g/mol. The first-order valence-electron chi connectivity index (χ1n) is 10.6. The van der Waals surface area contributed by atoms with Gasteiger partial charge in [0.1, 0.15) is 0 Å². The van der Waals surface area contributed by atoms with Gasteiger partial charge in [-0.15, -0.1) is 0 Å². The Balaban J connectivity index is 1.36. The predicted octanol–water partition coefficient (Wildman–Crippen LogP) is 4.37. The third-order valence-corrected chi connectivity index (χ3v) is 5.82. The second kappa shape index (κ2) is 9.72. The van der Waals surface area contributed by atoms with Crippen LogP contribution in [0.25, 0.3) is 11.1 Å². The van der Waals surface area contributed by atoms with E-state index in [-0.39, 0.29) is 5.56 Å². The lowest BCUT2D eigenvalue weighted by Gasteiger charge is -2.32. The fourth-order valence-corrected chi connectivity index (χ4v) is 3.99. The molecule has 0 spiro atoms. The SMILES string of the molecule is C/N=C\c1cc(-c2cn[nH]c2)ccc1NCC1CCN(C(=O)c2cccc(F)c2F)CC1. The first-order chi connectivity index (χ1) is 15.6. The van der Waals surface area contributed by atoms with Crippen LogP contribution in [0, 0.1) is 17.6 Å². The van der Waals surface area contributed by atoms with Crippen LogP contribution in [0.15, 0.2) is 53.8 Å². The summed E-state index contributed by atoms with van der Waals surface area (Å²) >= 11 is 0. The summed E-state index contributed by atoms with van der Waals surface area (Å²) < 4.78 is 27.4. The molecule has 4 rings (SSSR count). The number of aliphatic imine (C=N–C) groups is 1. The molecule has 1 aromatic heterocycles. The first kappa shape index (κ1) is 21.7. The largest absolute Gasteiger partial charge is 0.384 e. The minimum absolute atomic E-state index is 0.206. The van der Waals surface area contributed by atoms with Gasteiger partial charge in [0.25, 0.3) is 5.91 Å². The van der Waals surface area contributed by atoms with Crippen LogP contribution in [0.3, 0.4) is 0 Å². The summed E-state index contributed by atoms with van der Waals surface area (Å²) in [5.41, 5.74) is 3.83. The molecule has 2 N–H and O–H groups in total. The number of amides is 1. The average Bonchev–Trinajstić information content (AvgIpc) is 3.35. The topological polar surface area (TPSA) is 73.4 Å². The molecule has 1 saturated heterocycles. The van der Waals surface area contributed by atoms with Crippen molar-refractivity contribution in [2.75, 3.05) is 32.0 Å². The van der Waals surface area contributed by atoms with Crippen LogP contribution in [0.4, 0.5) is 14.5 Å². The summed E-state index contributed by atoms with van der Waals surface area (Å²) in [6.45, 7) is 1.79. The number of benzene rings is 2. The van der Waals surface area contributed by atoms with Crippen molar-refractivity contribution in [3.8, 4) is 11.1 Å². The van der Waals surface area contributed by atoms with Gasteiger partial charge in [-0.2, -0.15) is 5.10 Å². The van der Waals surface area contributed by atoms with Gasteiger partial charge in [-0.3, -0.25) is 14.9 Å². The molecule has 0 radical (unpaired) electrons. The maximum atomic E-state index is 14.0. The van der Waals surface area contributed by atoms with Crippen LogP contribution >= 0.6 is 0 Å². The maximum absolute atomic E-state index is 14.0. The van der Waals surface area contributed by atoms with Crippen molar-refractivity contribution in [3.05, 3.63) is 71.6 Å². The quantitative estimate of drug-likeness (QED) is 0.563. The van der Waals surface area contributed by atoms with Gasteiger partial charge in [-0.1, -0.05) is 12.1 Å².